The number of hydrogen-bond donors (Lipinski definition) is 4. The molecular formula is C10H22O5. The van der Waals surface area contributed by atoms with Gasteiger partial charge in [-0.3, -0.25) is 0 Å². The molecule has 0 aromatic heterocycles. The molecule has 1 aliphatic heterocycles. The maximum Gasteiger partial charge on any atom is 0.0701 e. The predicted octanol–water partition coefficient (Wildman–Crippen LogP) is -0.849. The summed E-state index contributed by atoms with van der Waals surface area (Å²) in [5, 5.41) is 34.0. The third kappa shape index (κ3) is 11.5. The van der Waals surface area contributed by atoms with Gasteiger partial charge in [0.05, 0.1) is 45.1 Å². The molecule has 1 aliphatic rings. The van der Waals surface area contributed by atoms with Gasteiger partial charge in [-0.2, -0.15) is 0 Å². The average molecular weight is 222 g/mol. The molecule has 5 nitrogen and oxygen atoms in total. The molecule has 0 bridgehead atoms. The number of hydrogen-bond acceptors (Lipinski definition) is 5. The lowest BCUT2D eigenvalue weighted by Crippen LogP contribution is -2.37. The molecule has 92 valence electrons. The lowest BCUT2D eigenvalue weighted by atomic mass is 9.93. The second-order valence-corrected chi connectivity index (χ2v) is 3.15. The van der Waals surface area contributed by atoms with Crippen LogP contribution in [0, 0.1) is 5.41 Å². The SMILES string of the molecule is C1CO1.C=CC.OCC(CO)(CO)CO. The van der Waals surface area contributed by atoms with Crippen molar-refractivity contribution >= 4 is 0 Å². The Labute approximate surface area is 90.6 Å². The van der Waals surface area contributed by atoms with E-state index in [0.29, 0.717) is 0 Å². The van der Waals surface area contributed by atoms with E-state index >= 15 is 0 Å². The highest BCUT2D eigenvalue weighted by Gasteiger charge is 2.26. The normalized spacial score (nSPS) is 12.9. The largest absolute Gasteiger partial charge is 0.396 e. The van der Waals surface area contributed by atoms with Gasteiger partial charge in [-0.05, 0) is 6.92 Å². The number of ether oxygens (including phenoxy) is 1. The summed E-state index contributed by atoms with van der Waals surface area (Å²) in [5.41, 5.74) is -1.11. The van der Waals surface area contributed by atoms with Gasteiger partial charge in [-0.15, -0.1) is 6.58 Å². The van der Waals surface area contributed by atoms with E-state index in [1.54, 1.807) is 6.08 Å². The minimum Gasteiger partial charge on any atom is -0.396 e. The summed E-state index contributed by atoms with van der Waals surface area (Å²) in [6.45, 7) is 5.62. The van der Waals surface area contributed by atoms with Crippen molar-refractivity contribution in [2.24, 2.45) is 5.41 Å². The smallest absolute Gasteiger partial charge is 0.0701 e. The van der Waals surface area contributed by atoms with Crippen LogP contribution in [-0.4, -0.2) is 60.1 Å². The van der Waals surface area contributed by atoms with Crippen molar-refractivity contribution in [3.05, 3.63) is 12.7 Å². The summed E-state index contributed by atoms with van der Waals surface area (Å²) in [5.74, 6) is 0. The Morgan fingerprint density at radius 1 is 1.07 bits per heavy atom. The minimum absolute atomic E-state index is 0.406. The standard InChI is InChI=1S/C5H12O4.C3H6.C2H4O/c6-1-5(2-7,3-8)4-9;1-3-2;1-2-3-1/h6-9H,1-4H2;3H,1H2,2H3;1-2H2. The van der Waals surface area contributed by atoms with Crippen molar-refractivity contribution < 1.29 is 25.2 Å². The fraction of sp³-hybridized carbons (Fsp3) is 0.800. The van der Waals surface area contributed by atoms with Gasteiger partial charge in [0.1, 0.15) is 0 Å². The number of aliphatic hydroxyl groups is 4. The number of aliphatic hydroxyl groups excluding tert-OH is 4. The molecule has 1 saturated heterocycles. The Bertz CT molecular complexity index is 112. The molecule has 0 atom stereocenters. The zero-order valence-corrected chi connectivity index (χ0v) is 9.22. The summed E-state index contributed by atoms with van der Waals surface area (Å²) >= 11 is 0. The first-order valence-corrected chi connectivity index (χ1v) is 4.74. The lowest BCUT2D eigenvalue weighted by Gasteiger charge is -2.23. The van der Waals surface area contributed by atoms with Crippen LogP contribution in [-0.2, 0) is 4.74 Å². The monoisotopic (exact) mass is 222 g/mol. The van der Waals surface area contributed by atoms with Crippen LogP contribution >= 0.6 is 0 Å². The first kappa shape index (κ1) is 17.0. The van der Waals surface area contributed by atoms with Gasteiger partial charge in [0, 0.05) is 0 Å². The Morgan fingerprint density at radius 2 is 1.27 bits per heavy atom. The summed E-state index contributed by atoms with van der Waals surface area (Å²) in [6, 6.07) is 0. The fourth-order valence-corrected chi connectivity index (χ4v) is 0.300. The van der Waals surface area contributed by atoms with Crippen LogP contribution < -0.4 is 0 Å². The molecule has 0 unspecified atom stereocenters. The number of rotatable bonds is 4. The summed E-state index contributed by atoms with van der Waals surface area (Å²) in [7, 11) is 0. The molecule has 0 aromatic carbocycles. The van der Waals surface area contributed by atoms with Crippen LogP contribution in [0.1, 0.15) is 6.92 Å². The van der Waals surface area contributed by atoms with Gasteiger partial charge in [0.2, 0.25) is 0 Å². The quantitative estimate of drug-likeness (QED) is 0.367. The Balaban J connectivity index is 0. The Hall–Kier alpha value is -0.460. The van der Waals surface area contributed by atoms with E-state index in [9.17, 15) is 0 Å². The van der Waals surface area contributed by atoms with Crippen LogP contribution in [0.15, 0.2) is 12.7 Å². The van der Waals surface area contributed by atoms with Crippen LogP contribution in [0.5, 0.6) is 0 Å². The summed E-state index contributed by atoms with van der Waals surface area (Å²) in [6.07, 6.45) is 1.75. The van der Waals surface area contributed by atoms with E-state index in [1.165, 1.54) is 0 Å². The molecule has 0 amide bonds. The molecule has 15 heavy (non-hydrogen) atoms. The molecule has 0 spiro atoms. The highest BCUT2D eigenvalue weighted by molar-refractivity contribution is 4.74. The second kappa shape index (κ2) is 11.6. The van der Waals surface area contributed by atoms with E-state index in [-0.39, 0.29) is 0 Å². The van der Waals surface area contributed by atoms with Crippen molar-refractivity contribution in [3.8, 4) is 0 Å². The lowest BCUT2D eigenvalue weighted by molar-refractivity contribution is -0.0328. The molecule has 0 aromatic rings. The first-order chi connectivity index (χ1) is 7.16. The van der Waals surface area contributed by atoms with E-state index in [4.69, 9.17) is 20.4 Å². The van der Waals surface area contributed by atoms with Crippen molar-refractivity contribution in [1.82, 2.24) is 0 Å². The third-order valence-electron chi connectivity index (χ3n) is 1.55. The highest BCUT2D eigenvalue weighted by Crippen LogP contribution is 2.11. The van der Waals surface area contributed by atoms with Crippen molar-refractivity contribution in [3.63, 3.8) is 0 Å². The second-order valence-electron chi connectivity index (χ2n) is 3.15. The van der Waals surface area contributed by atoms with E-state index in [1.807, 2.05) is 6.92 Å². The van der Waals surface area contributed by atoms with Gasteiger partial charge in [0.25, 0.3) is 0 Å². The molecular weight excluding hydrogens is 200 g/mol. The van der Waals surface area contributed by atoms with Gasteiger partial charge in [-0.1, -0.05) is 6.08 Å². The predicted molar refractivity (Wildman–Crippen MR) is 57.5 cm³/mol. The molecule has 1 rings (SSSR count). The zero-order chi connectivity index (χ0) is 12.2. The number of allylic oxidation sites excluding steroid dienone is 1. The molecule has 4 N–H and O–H groups in total. The van der Waals surface area contributed by atoms with E-state index < -0.39 is 31.8 Å². The van der Waals surface area contributed by atoms with E-state index in [0.717, 1.165) is 13.2 Å². The van der Waals surface area contributed by atoms with Crippen LogP contribution in [0.25, 0.3) is 0 Å². The van der Waals surface area contributed by atoms with Crippen LogP contribution in [0.2, 0.25) is 0 Å². The van der Waals surface area contributed by atoms with Gasteiger partial charge < -0.3 is 25.2 Å². The Kier molecular flexibility index (Phi) is 13.1. The fourth-order valence-electron chi connectivity index (χ4n) is 0.300. The maximum atomic E-state index is 8.50. The molecule has 0 aliphatic carbocycles. The minimum atomic E-state index is -1.11. The summed E-state index contributed by atoms with van der Waals surface area (Å²) < 4.78 is 4.50. The van der Waals surface area contributed by atoms with Gasteiger partial charge >= 0.3 is 0 Å². The molecule has 0 radical (unpaired) electrons. The van der Waals surface area contributed by atoms with E-state index in [2.05, 4.69) is 11.3 Å². The third-order valence-corrected chi connectivity index (χ3v) is 1.55. The molecule has 0 saturated carbocycles. The summed E-state index contributed by atoms with van der Waals surface area (Å²) in [4.78, 5) is 0. The maximum absolute atomic E-state index is 8.50. The first-order valence-electron chi connectivity index (χ1n) is 4.74. The Morgan fingerprint density at radius 3 is 1.27 bits per heavy atom. The van der Waals surface area contributed by atoms with Gasteiger partial charge in [-0.25, -0.2) is 0 Å². The molecule has 5 heteroatoms. The molecule has 1 heterocycles. The van der Waals surface area contributed by atoms with Crippen molar-refractivity contribution in [1.29, 1.82) is 0 Å². The highest BCUT2D eigenvalue weighted by atomic mass is 16.6. The molecule has 1 fully saturated rings. The zero-order valence-electron chi connectivity index (χ0n) is 9.22. The topological polar surface area (TPSA) is 93.5 Å². The number of epoxide rings is 1. The van der Waals surface area contributed by atoms with Crippen LogP contribution in [0.4, 0.5) is 0 Å². The van der Waals surface area contributed by atoms with Crippen molar-refractivity contribution in [2.75, 3.05) is 39.6 Å². The van der Waals surface area contributed by atoms with Crippen molar-refractivity contribution in [2.45, 2.75) is 6.92 Å². The van der Waals surface area contributed by atoms with Gasteiger partial charge in [0.15, 0.2) is 0 Å². The average Bonchev–Trinajstić information content (AvgIpc) is 3.10. The van der Waals surface area contributed by atoms with Crippen LogP contribution in [0.3, 0.4) is 0 Å².